The minimum absolute atomic E-state index is 0.0831. The summed E-state index contributed by atoms with van der Waals surface area (Å²) in [7, 11) is 0. The van der Waals surface area contributed by atoms with Gasteiger partial charge in [0.2, 0.25) is 0 Å². The normalized spacial score (nSPS) is 14.4. The first-order valence-electron chi connectivity index (χ1n) is 7.58. The van der Waals surface area contributed by atoms with Crippen LogP contribution in [0.25, 0.3) is 5.69 Å². The molecule has 2 aromatic rings. The SMILES string of the molecule is CC(C)CNC(=O)c1cc(C2CC2)n(-c2ccccc2)n1. The zero-order valence-electron chi connectivity index (χ0n) is 12.5. The smallest absolute Gasteiger partial charge is 0.271 e. The Bertz CT molecular complexity index is 627. The fourth-order valence-electron chi connectivity index (χ4n) is 2.34. The number of nitrogens with one attached hydrogen (secondary N) is 1. The molecule has 1 N–H and O–H groups in total. The van der Waals surface area contributed by atoms with Crippen molar-refractivity contribution in [2.24, 2.45) is 5.92 Å². The van der Waals surface area contributed by atoms with Gasteiger partial charge in [-0.15, -0.1) is 0 Å². The number of carbonyl (C=O) groups is 1. The van der Waals surface area contributed by atoms with Crippen LogP contribution in [0.5, 0.6) is 0 Å². The molecule has 21 heavy (non-hydrogen) atoms. The number of carbonyl (C=O) groups excluding carboxylic acids is 1. The average molecular weight is 283 g/mol. The van der Waals surface area contributed by atoms with Crippen molar-refractivity contribution in [2.45, 2.75) is 32.6 Å². The molecule has 0 atom stereocenters. The number of nitrogens with zero attached hydrogens (tertiary/aromatic N) is 2. The van der Waals surface area contributed by atoms with Crippen molar-refractivity contribution in [1.29, 1.82) is 0 Å². The number of para-hydroxylation sites is 1. The van der Waals surface area contributed by atoms with Gasteiger partial charge in [-0.2, -0.15) is 5.10 Å². The molecular weight excluding hydrogens is 262 g/mol. The molecule has 1 aliphatic carbocycles. The van der Waals surface area contributed by atoms with E-state index in [1.807, 2.05) is 41.1 Å². The largest absolute Gasteiger partial charge is 0.350 e. The predicted molar refractivity (Wildman–Crippen MR) is 82.7 cm³/mol. The van der Waals surface area contributed by atoms with Crippen LogP contribution in [-0.2, 0) is 0 Å². The molecule has 1 saturated carbocycles. The summed E-state index contributed by atoms with van der Waals surface area (Å²) in [5, 5.41) is 7.46. The highest BCUT2D eigenvalue weighted by Gasteiger charge is 2.29. The van der Waals surface area contributed by atoms with Gasteiger partial charge < -0.3 is 5.32 Å². The zero-order valence-corrected chi connectivity index (χ0v) is 12.5. The summed E-state index contributed by atoms with van der Waals surface area (Å²) in [4.78, 5) is 12.2. The summed E-state index contributed by atoms with van der Waals surface area (Å²) in [5.74, 6) is 0.901. The molecule has 0 spiro atoms. The van der Waals surface area contributed by atoms with Crippen LogP contribution in [0.15, 0.2) is 36.4 Å². The maximum absolute atomic E-state index is 12.2. The Morgan fingerprint density at radius 3 is 2.67 bits per heavy atom. The van der Waals surface area contributed by atoms with Crippen molar-refractivity contribution >= 4 is 5.91 Å². The molecule has 0 radical (unpaired) electrons. The number of amides is 1. The van der Waals surface area contributed by atoms with E-state index >= 15 is 0 Å². The first-order chi connectivity index (χ1) is 10.1. The Kier molecular flexibility index (Phi) is 3.78. The summed E-state index contributed by atoms with van der Waals surface area (Å²) in [6.45, 7) is 4.84. The molecule has 0 unspecified atom stereocenters. The molecule has 1 aromatic carbocycles. The second-order valence-electron chi connectivity index (χ2n) is 6.08. The van der Waals surface area contributed by atoms with Gasteiger partial charge >= 0.3 is 0 Å². The lowest BCUT2D eigenvalue weighted by Gasteiger charge is -2.06. The van der Waals surface area contributed by atoms with Crippen molar-refractivity contribution in [1.82, 2.24) is 15.1 Å². The second kappa shape index (κ2) is 5.72. The lowest BCUT2D eigenvalue weighted by atomic mass is 10.2. The van der Waals surface area contributed by atoms with Gasteiger partial charge in [-0.05, 0) is 37.0 Å². The molecule has 1 fully saturated rings. The molecule has 0 aliphatic heterocycles. The predicted octanol–water partition coefficient (Wildman–Crippen LogP) is 3.14. The third-order valence-corrected chi connectivity index (χ3v) is 3.64. The van der Waals surface area contributed by atoms with Crippen LogP contribution in [0.4, 0.5) is 0 Å². The fraction of sp³-hybridized carbons (Fsp3) is 0.412. The third-order valence-electron chi connectivity index (χ3n) is 3.64. The minimum Gasteiger partial charge on any atom is -0.350 e. The number of hydrogen-bond donors (Lipinski definition) is 1. The van der Waals surface area contributed by atoms with Crippen molar-refractivity contribution in [2.75, 3.05) is 6.54 Å². The molecule has 1 heterocycles. The Morgan fingerprint density at radius 2 is 2.05 bits per heavy atom. The molecular formula is C17H21N3O. The van der Waals surface area contributed by atoms with Crippen molar-refractivity contribution in [3.05, 3.63) is 47.8 Å². The van der Waals surface area contributed by atoms with Gasteiger partial charge in [0.1, 0.15) is 0 Å². The van der Waals surface area contributed by atoms with E-state index in [1.165, 1.54) is 12.8 Å². The van der Waals surface area contributed by atoms with E-state index in [4.69, 9.17) is 0 Å². The first-order valence-corrected chi connectivity index (χ1v) is 7.58. The highest BCUT2D eigenvalue weighted by atomic mass is 16.1. The Labute approximate surface area is 125 Å². The Hall–Kier alpha value is -2.10. The van der Waals surface area contributed by atoms with E-state index in [2.05, 4.69) is 24.3 Å². The van der Waals surface area contributed by atoms with Gasteiger partial charge in [0, 0.05) is 18.2 Å². The van der Waals surface area contributed by atoms with Crippen molar-refractivity contribution in [3.8, 4) is 5.69 Å². The first kappa shape index (κ1) is 13.9. The fourth-order valence-corrected chi connectivity index (χ4v) is 2.34. The second-order valence-corrected chi connectivity index (χ2v) is 6.08. The van der Waals surface area contributed by atoms with Crippen molar-refractivity contribution < 1.29 is 4.79 Å². The van der Waals surface area contributed by atoms with Crippen LogP contribution in [0.2, 0.25) is 0 Å². The number of aromatic nitrogens is 2. The third kappa shape index (κ3) is 3.15. The molecule has 110 valence electrons. The van der Waals surface area contributed by atoms with Crippen LogP contribution in [0.3, 0.4) is 0 Å². The summed E-state index contributed by atoms with van der Waals surface area (Å²) >= 11 is 0. The molecule has 1 aromatic heterocycles. The van der Waals surface area contributed by atoms with E-state index in [9.17, 15) is 4.79 Å². The topological polar surface area (TPSA) is 46.9 Å². The van der Waals surface area contributed by atoms with Gasteiger partial charge in [0.15, 0.2) is 5.69 Å². The standard InChI is InChI=1S/C17H21N3O/c1-12(2)11-18-17(21)15-10-16(13-8-9-13)20(19-15)14-6-4-3-5-7-14/h3-7,10,12-13H,8-9,11H2,1-2H3,(H,18,21). The summed E-state index contributed by atoms with van der Waals surface area (Å²) in [6.07, 6.45) is 2.37. The van der Waals surface area contributed by atoms with Crippen LogP contribution >= 0.6 is 0 Å². The van der Waals surface area contributed by atoms with E-state index in [-0.39, 0.29) is 5.91 Å². The molecule has 4 heteroatoms. The molecule has 1 amide bonds. The van der Waals surface area contributed by atoms with Crippen LogP contribution < -0.4 is 5.32 Å². The van der Waals surface area contributed by atoms with Gasteiger partial charge in [-0.3, -0.25) is 4.79 Å². The summed E-state index contributed by atoms with van der Waals surface area (Å²) < 4.78 is 1.92. The molecule has 0 bridgehead atoms. The highest BCUT2D eigenvalue weighted by Crippen LogP contribution is 2.41. The molecule has 0 saturated heterocycles. The van der Waals surface area contributed by atoms with Gasteiger partial charge in [0.25, 0.3) is 5.91 Å². The minimum atomic E-state index is -0.0831. The maximum Gasteiger partial charge on any atom is 0.271 e. The van der Waals surface area contributed by atoms with E-state index in [0.717, 1.165) is 11.4 Å². The summed E-state index contributed by atoms with van der Waals surface area (Å²) in [5.41, 5.74) is 2.68. The van der Waals surface area contributed by atoms with E-state index in [0.29, 0.717) is 24.1 Å². The van der Waals surface area contributed by atoms with Crippen LogP contribution in [0, 0.1) is 5.92 Å². The molecule has 3 rings (SSSR count). The highest BCUT2D eigenvalue weighted by molar-refractivity contribution is 5.92. The summed E-state index contributed by atoms with van der Waals surface area (Å²) in [6, 6.07) is 12.0. The number of rotatable bonds is 5. The molecule has 4 nitrogen and oxygen atoms in total. The van der Waals surface area contributed by atoms with Gasteiger partial charge in [-0.1, -0.05) is 32.0 Å². The monoisotopic (exact) mass is 283 g/mol. The van der Waals surface area contributed by atoms with E-state index in [1.54, 1.807) is 0 Å². The zero-order chi connectivity index (χ0) is 14.8. The van der Waals surface area contributed by atoms with Gasteiger partial charge in [0.05, 0.1) is 5.69 Å². The van der Waals surface area contributed by atoms with Crippen LogP contribution in [0.1, 0.15) is 48.8 Å². The Balaban J connectivity index is 1.88. The maximum atomic E-state index is 12.2. The van der Waals surface area contributed by atoms with Crippen molar-refractivity contribution in [3.63, 3.8) is 0 Å². The number of hydrogen-bond acceptors (Lipinski definition) is 2. The van der Waals surface area contributed by atoms with Gasteiger partial charge in [-0.25, -0.2) is 4.68 Å². The van der Waals surface area contributed by atoms with E-state index < -0.39 is 0 Å². The average Bonchev–Trinajstić information content (AvgIpc) is 3.24. The lowest BCUT2D eigenvalue weighted by molar-refractivity contribution is 0.0943. The Morgan fingerprint density at radius 1 is 1.33 bits per heavy atom. The number of benzene rings is 1. The lowest BCUT2D eigenvalue weighted by Crippen LogP contribution is -2.27. The quantitative estimate of drug-likeness (QED) is 0.916. The molecule has 1 aliphatic rings. The van der Waals surface area contributed by atoms with Crippen LogP contribution in [-0.4, -0.2) is 22.2 Å².